The number of carbonyl (C=O) groups is 2. The molecule has 34 heavy (non-hydrogen) atoms. The molecule has 2 aromatic rings. The van der Waals surface area contributed by atoms with Crippen molar-refractivity contribution in [3.05, 3.63) is 48.8 Å². The summed E-state index contributed by atoms with van der Waals surface area (Å²) in [7, 11) is 4.05. The van der Waals surface area contributed by atoms with Gasteiger partial charge in [-0.3, -0.25) is 9.59 Å². The minimum atomic E-state index is -0.651. The summed E-state index contributed by atoms with van der Waals surface area (Å²) < 4.78 is 0. The van der Waals surface area contributed by atoms with Crippen LogP contribution in [0, 0.1) is 0 Å². The lowest BCUT2D eigenvalue weighted by Gasteiger charge is -2.34. The second-order valence-electron chi connectivity index (χ2n) is 8.79. The molecular weight excluding hydrogens is 432 g/mol. The SMILES string of the molecule is C=CC(=O)N1CC[C@@H](N(C)c2cnc(C(N)=O)c(Nc3ccc(N4CCN(C)CC4)cc3)n2)C1. The van der Waals surface area contributed by atoms with E-state index >= 15 is 0 Å². The summed E-state index contributed by atoms with van der Waals surface area (Å²) in [6.45, 7) is 8.87. The molecule has 180 valence electrons. The standard InChI is InChI=1S/C24H32N8O2/c1-4-21(33)32-10-9-19(16-32)30(3)20-15-26-22(23(25)34)24(28-20)27-17-5-7-18(8-6-17)31-13-11-29(2)12-14-31/h4-8,15,19H,1,9-14,16H2,2-3H3,(H2,25,34)(H,27,28)/t19-/m1/s1. The number of hydrogen-bond acceptors (Lipinski definition) is 8. The molecule has 1 aromatic heterocycles. The van der Waals surface area contributed by atoms with Crippen molar-refractivity contribution >= 4 is 34.8 Å². The molecule has 2 aliphatic rings. The number of hydrogen-bond donors (Lipinski definition) is 2. The van der Waals surface area contributed by atoms with E-state index < -0.39 is 5.91 Å². The third-order valence-corrected chi connectivity index (χ3v) is 6.55. The largest absolute Gasteiger partial charge is 0.369 e. The normalized spacial score (nSPS) is 18.6. The molecule has 3 heterocycles. The van der Waals surface area contributed by atoms with Crippen LogP contribution in [0.4, 0.5) is 23.0 Å². The van der Waals surface area contributed by atoms with Crippen molar-refractivity contribution < 1.29 is 9.59 Å². The lowest BCUT2D eigenvalue weighted by atomic mass is 10.2. The molecule has 10 heteroatoms. The van der Waals surface area contributed by atoms with E-state index in [0.717, 1.165) is 44.0 Å². The Morgan fingerprint density at radius 2 is 1.88 bits per heavy atom. The Kier molecular flexibility index (Phi) is 6.97. The third kappa shape index (κ3) is 5.12. The molecule has 10 nitrogen and oxygen atoms in total. The fourth-order valence-corrected chi connectivity index (χ4v) is 4.35. The maximum absolute atomic E-state index is 12.0. The fraction of sp³-hybridized carbons (Fsp3) is 0.417. The maximum Gasteiger partial charge on any atom is 0.271 e. The van der Waals surface area contributed by atoms with E-state index in [-0.39, 0.29) is 17.6 Å². The molecule has 0 bridgehead atoms. The van der Waals surface area contributed by atoms with Gasteiger partial charge in [-0.2, -0.15) is 0 Å². The Hall–Kier alpha value is -3.66. The molecule has 2 amide bonds. The summed E-state index contributed by atoms with van der Waals surface area (Å²) in [5, 5.41) is 3.21. The summed E-state index contributed by atoms with van der Waals surface area (Å²) in [5.74, 6) is 0.177. The van der Waals surface area contributed by atoms with Crippen molar-refractivity contribution in [2.45, 2.75) is 12.5 Å². The van der Waals surface area contributed by atoms with Gasteiger partial charge in [0.1, 0.15) is 5.82 Å². The topological polar surface area (TPSA) is 111 Å². The number of anilines is 4. The molecule has 0 saturated carbocycles. The van der Waals surface area contributed by atoms with Crippen molar-refractivity contribution in [2.75, 3.05) is 68.5 Å². The van der Waals surface area contributed by atoms with Gasteiger partial charge in [0.2, 0.25) is 5.91 Å². The number of nitrogens with zero attached hydrogens (tertiary/aromatic N) is 6. The number of rotatable bonds is 7. The summed E-state index contributed by atoms with van der Waals surface area (Å²) in [6, 6.07) is 8.14. The second-order valence-corrected chi connectivity index (χ2v) is 8.79. The van der Waals surface area contributed by atoms with Gasteiger partial charge in [0.05, 0.1) is 6.20 Å². The smallest absolute Gasteiger partial charge is 0.271 e. The molecule has 0 aliphatic carbocycles. The van der Waals surface area contributed by atoms with Crippen LogP contribution >= 0.6 is 0 Å². The Labute approximate surface area is 200 Å². The van der Waals surface area contributed by atoms with Crippen molar-refractivity contribution in [2.24, 2.45) is 5.73 Å². The van der Waals surface area contributed by atoms with Gasteiger partial charge >= 0.3 is 0 Å². The van der Waals surface area contributed by atoms with E-state index in [1.807, 2.05) is 24.1 Å². The first-order valence-electron chi connectivity index (χ1n) is 11.5. The van der Waals surface area contributed by atoms with Gasteiger partial charge in [0.25, 0.3) is 5.91 Å². The van der Waals surface area contributed by atoms with E-state index in [1.165, 1.54) is 6.08 Å². The van der Waals surface area contributed by atoms with Gasteiger partial charge in [-0.1, -0.05) is 6.58 Å². The summed E-state index contributed by atoms with van der Waals surface area (Å²) in [6.07, 6.45) is 3.69. The van der Waals surface area contributed by atoms with Gasteiger partial charge in [0.15, 0.2) is 11.5 Å². The molecule has 0 radical (unpaired) electrons. The lowest BCUT2D eigenvalue weighted by molar-refractivity contribution is -0.125. The first-order chi connectivity index (χ1) is 16.4. The van der Waals surface area contributed by atoms with Crippen LogP contribution in [0.5, 0.6) is 0 Å². The van der Waals surface area contributed by atoms with E-state index in [9.17, 15) is 9.59 Å². The number of carbonyl (C=O) groups excluding carboxylic acids is 2. The quantitative estimate of drug-likeness (QED) is 0.590. The van der Waals surface area contributed by atoms with Crippen LogP contribution in [0.1, 0.15) is 16.9 Å². The summed E-state index contributed by atoms with van der Waals surface area (Å²) in [4.78, 5) is 41.3. The van der Waals surface area contributed by atoms with Crippen LogP contribution in [-0.2, 0) is 4.79 Å². The Morgan fingerprint density at radius 3 is 2.53 bits per heavy atom. The highest BCUT2D eigenvalue weighted by Gasteiger charge is 2.29. The van der Waals surface area contributed by atoms with Gasteiger partial charge in [-0.15, -0.1) is 0 Å². The molecule has 2 fully saturated rings. The zero-order chi connectivity index (χ0) is 24.2. The number of piperazine rings is 1. The number of benzene rings is 1. The second kappa shape index (κ2) is 10.1. The molecule has 2 aliphatic heterocycles. The van der Waals surface area contributed by atoms with Crippen LogP contribution in [0.3, 0.4) is 0 Å². The Balaban J connectivity index is 1.50. The molecule has 0 spiro atoms. The van der Waals surface area contributed by atoms with E-state index in [2.05, 4.69) is 50.8 Å². The lowest BCUT2D eigenvalue weighted by Crippen LogP contribution is -2.44. The third-order valence-electron chi connectivity index (χ3n) is 6.55. The predicted molar refractivity (Wildman–Crippen MR) is 134 cm³/mol. The highest BCUT2D eigenvalue weighted by molar-refractivity contribution is 5.96. The molecule has 1 aromatic carbocycles. The molecule has 4 rings (SSSR count). The van der Waals surface area contributed by atoms with Gasteiger partial charge in [0, 0.05) is 63.7 Å². The number of nitrogens with two attached hydrogens (primary N) is 1. The molecule has 3 N–H and O–H groups in total. The van der Waals surface area contributed by atoms with Crippen molar-refractivity contribution in [3.63, 3.8) is 0 Å². The van der Waals surface area contributed by atoms with E-state index in [4.69, 9.17) is 5.73 Å². The highest BCUT2D eigenvalue weighted by Crippen LogP contribution is 2.26. The molecule has 2 saturated heterocycles. The number of primary amides is 1. The monoisotopic (exact) mass is 464 g/mol. The minimum Gasteiger partial charge on any atom is -0.369 e. The van der Waals surface area contributed by atoms with Gasteiger partial charge in [-0.05, 0) is 43.8 Å². The summed E-state index contributed by atoms with van der Waals surface area (Å²) in [5.41, 5.74) is 7.59. The van der Waals surface area contributed by atoms with Crippen molar-refractivity contribution in [1.82, 2.24) is 19.8 Å². The highest BCUT2D eigenvalue weighted by atomic mass is 16.2. The number of amides is 2. The Bertz CT molecular complexity index is 1050. The summed E-state index contributed by atoms with van der Waals surface area (Å²) >= 11 is 0. The van der Waals surface area contributed by atoms with Crippen LogP contribution < -0.4 is 20.9 Å². The number of nitrogens with one attached hydrogen (secondary N) is 1. The van der Waals surface area contributed by atoms with Crippen LogP contribution in [0.2, 0.25) is 0 Å². The van der Waals surface area contributed by atoms with Gasteiger partial charge < -0.3 is 30.7 Å². The predicted octanol–water partition coefficient (Wildman–Crippen LogP) is 1.29. The zero-order valence-corrected chi connectivity index (χ0v) is 19.8. The number of aromatic nitrogens is 2. The molecule has 1 atom stereocenters. The minimum absolute atomic E-state index is 0.0755. The fourth-order valence-electron chi connectivity index (χ4n) is 4.35. The van der Waals surface area contributed by atoms with E-state index in [1.54, 1.807) is 11.1 Å². The number of likely N-dealkylation sites (N-methyl/N-ethyl adjacent to an activating group) is 2. The van der Waals surface area contributed by atoms with Crippen molar-refractivity contribution in [3.8, 4) is 0 Å². The first kappa shape index (κ1) is 23.5. The maximum atomic E-state index is 12.0. The van der Waals surface area contributed by atoms with Crippen LogP contribution in [-0.4, -0.2) is 91.0 Å². The van der Waals surface area contributed by atoms with Crippen LogP contribution in [0.15, 0.2) is 43.1 Å². The molecular formula is C24H32N8O2. The zero-order valence-electron chi connectivity index (χ0n) is 19.8. The van der Waals surface area contributed by atoms with Crippen LogP contribution in [0.25, 0.3) is 0 Å². The molecule has 0 unspecified atom stereocenters. The first-order valence-corrected chi connectivity index (χ1v) is 11.5. The van der Waals surface area contributed by atoms with E-state index in [0.29, 0.717) is 24.7 Å². The van der Waals surface area contributed by atoms with Gasteiger partial charge in [-0.25, -0.2) is 9.97 Å². The average Bonchev–Trinajstić information content (AvgIpc) is 3.34. The average molecular weight is 465 g/mol. The van der Waals surface area contributed by atoms with Crippen molar-refractivity contribution in [1.29, 1.82) is 0 Å². The Morgan fingerprint density at radius 1 is 1.18 bits per heavy atom. The number of likely N-dealkylation sites (tertiary alicyclic amines) is 1.